The van der Waals surface area contributed by atoms with Gasteiger partial charge in [0.1, 0.15) is 6.04 Å². The molecule has 0 heterocycles. The van der Waals surface area contributed by atoms with Crippen molar-refractivity contribution in [3.8, 4) is 0 Å². The summed E-state index contributed by atoms with van der Waals surface area (Å²) in [6, 6.07) is 14.8. The SMILES string of the molecule is CC[C@@H](C)NC(=O)[C@H](C)N(Cc1cccc(Br)c1)C(=O)CCc1ccccc1Cl. The van der Waals surface area contributed by atoms with E-state index in [0.717, 1.165) is 22.0 Å². The third kappa shape index (κ3) is 7.16. The summed E-state index contributed by atoms with van der Waals surface area (Å²) >= 11 is 9.70. The quantitative estimate of drug-likeness (QED) is 0.526. The Bertz CT molecular complexity index is 843. The molecule has 2 aromatic rings. The predicted molar refractivity (Wildman–Crippen MR) is 122 cm³/mol. The highest BCUT2D eigenvalue weighted by Crippen LogP contribution is 2.19. The zero-order valence-corrected chi connectivity index (χ0v) is 19.5. The van der Waals surface area contributed by atoms with Gasteiger partial charge in [-0.15, -0.1) is 0 Å². The van der Waals surface area contributed by atoms with E-state index >= 15 is 0 Å². The maximum Gasteiger partial charge on any atom is 0.242 e. The molecule has 0 radical (unpaired) electrons. The van der Waals surface area contributed by atoms with E-state index in [9.17, 15) is 9.59 Å². The number of carbonyl (C=O) groups is 2. The molecule has 4 nitrogen and oxygen atoms in total. The Morgan fingerprint density at radius 2 is 1.86 bits per heavy atom. The molecule has 29 heavy (non-hydrogen) atoms. The lowest BCUT2D eigenvalue weighted by Gasteiger charge is -2.30. The van der Waals surface area contributed by atoms with Crippen molar-refractivity contribution >= 4 is 39.3 Å². The molecular formula is C23H28BrClN2O2. The molecule has 0 unspecified atom stereocenters. The standard InChI is InChI=1S/C23H28BrClN2O2/c1-4-16(2)26-23(29)17(3)27(15-18-8-7-10-20(24)14-18)22(28)13-12-19-9-5-6-11-21(19)25/h5-11,14,16-17H,4,12-13,15H2,1-3H3,(H,26,29)/t16-,17+/m1/s1. The molecular weight excluding hydrogens is 452 g/mol. The van der Waals surface area contributed by atoms with E-state index in [2.05, 4.69) is 21.2 Å². The molecule has 0 fully saturated rings. The van der Waals surface area contributed by atoms with Gasteiger partial charge in [0.15, 0.2) is 0 Å². The van der Waals surface area contributed by atoms with Crippen molar-refractivity contribution in [2.45, 2.75) is 58.7 Å². The van der Waals surface area contributed by atoms with Gasteiger partial charge in [-0.3, -0.25) is 9.59 Å². The van der Waals surface area contributed by atoms with Crippen LogP contribution in [0.15, 0.2) is 53.0 Å². The summed E-state index contributed by atoms with van der Waals surface area (Å²) in [5.41, 5.74) is 1.90. The van der Waals surface area contributed by atoms with Gasteiger partial charge in [0.05, 0.1) is 0 Å². The molecule has 2 aromatic carbocycles. The van der Waals surface area contributed by atoms with E-state index < -0.39 is 6.04 Å². The van der Waals surface area contributed by atoms with Gasteiger partial charge in [-0.1, -0.05) is 64.8 Å². The normalized spacial score (nSPS) is 12.9. The van der Waals surface area contributed by atoms with Crippen LogP contribution in [0.5, 0.6) is 0 Å². The summed E-state index contributed by atoms with van der Waals surface area (Å²) in [6.07, 6.45) is 1.66. The zero-order chi connectivity index (χ0) is 21.4. The molecule has 0 bridgehead atoms. The van der Waals surface area contributed by atoms with Crippen molar-refractivity contribution in [3.63, 3.8) is 0 Å². The van der Waals surface area contributed by atoms with E-state index in [1.165, 1.54) is 0 Å². The van der Waals surface area contributed by atoms with Crippen LogP contribution >= 0.6 is 27.5 Å². The lowest BCUT2D eigenvalue weighted by molar-refractivity contribution is -0.140. The van der Waals surface area contributed by atoms with Crippen LogP contribution in [0.4, 0.5) is 0 Å². The second-order valence-electron chi connectivity index (χ2n) is 7.24. The number of rotatable bonds is 9. The Labute approximate surface area is 186 Å². The number of carbonyl (C=O) groups excluding carboxylic acids is 2. The summed E-state index contributed by atoms with van der Waals surface area (Å²) in [5.74, 6) is -0.211. The monoisotopic (exact) mass is 478 g/mol. The summed E-state index contributed by atoms with van der Waals surface area (Å²) in [6.45, 7) is 6.13. The Hall–Kier alpha value is -1.85. The molecule has 0 aliphatic carbocycles. The number of benzene rings is 2. The summed E-state index contributed by atoms with van der Waals surface area (Å²) in [4.78, 5) is 27.5. The smallest absolute Gasteiger partial charge is 0.242 e. The predicted octanol–water partition coefficient (Wildman–Crippen LogP) is 5.37. The average molecular weight is 480 g/mol. The van der Waals surface area contributed by atoms with Crippen LogP contribution in [0, 0.1) is 0 Å². The minimum Gasteiger partial charge on any atom is -0.352 e. The maximum atomic E-state index is 13.1. The van der Waals surface area contributed by atoms with Gasteiger partial charge >= 0.3 is 0 Å². The number of nitrogens with one attached hydrogen (secondary N) is 1. The fourth-order valence-corrected chi connectivity index (χ4v) is 3.64. The molecule has 2 atom stereocenters. The van der Waals surface area contributed by atoms with Crippen LogP contribution in [0.25, 0.3) is 0 Å². The summed E-state index contributed by atoms with van der Waals surface area (Å²) in [7, 11) is 0. The Morgan fingerprint density at radius 1 is 1.14 bits per heavy atom. The average Bonchev–Trinajstić information content (AvgIpc) is 2.70. The van der Waals surface area contributed by atoms with E-state index in [0.29, 0.717) is 24.4 Å². The van der Waals surface area contributed by atoms with Crippen LogP contribution in [0.2, 0.25) is 5.02 Å². The van der Waals surface area contributed by atoms with Crippen LogP contribution < -0.4 is 5.32 Å². The van der Waals surface area contributed by atoms with Gasteiger partial charge in [-0.05, 0) is 56.0 Å². The molecule has 0 aromatic heterocycles. The molecule has 0 spiro atoms. The van der Waals surface area contributed by atoms with Crippen LogP contribution in [0.1, 0.15) is 44.7 Å². The molecule has 1 N–H and O–H groups in total. The highest BCUT2D eigenvalue weighted by atomic mass is 79.9. The lowest BCUT2D eigenvalue weighted by Crippen LogP contribution is -2.49. The molecule has 6 heteroatoms. The molecule has 0 saturated carbocycles. The van der Waals surface area contributed by atoms with Gasteiger partial charge in [0.25, 0.3) is 0 Å². The summed E-state index contributed by atoms with van der Waals surface area (Å²) < 4.78 is 0.940. The van der Waals surface area contributed by atoms with Gasteiger partial charge in [0.2, 0.25) is 11.8 Å². The molecule has 2 rings (SSSR count). The lowest BCUT2D eigenvalue weighted by atomic mass is 10.1. The number of hydrogen-bond donors (Lipinski definition) is 1. The van der Waals surface area contributed by atoms with Crippen molar-refractivity contribution < 1.29 is 9.59 Å². The molecule has 0 aliphatic rings. The summed E-state index contributed by atoms with van der Waals surface area (Å²) in [5, 5.41) is 3.64. The van der Waals surface area contributed by atoms with Crippen molar-refractivity contribution in [2.75, 3.05) is 0 Å². The fraction of sp³-hybridized carbons (Fsp3) is 0.391. The minimum atomic E-state index is -0.568. The van der Waals surface area contributed by atoms with Gasteiger partial charge in [-0.25, -0.2) is 0 Å². The van der Waals surface area contributed by atoms with Crippen LogP contribution in [-0.4, -0.2) is 28.8 Å². The van der Waals surface area contributed by atoms with Crippen molar-refractivity contribution in [1.29, 1.82) is 0 Å². The number of amides is 2. The van der Waals surface area contributed by atoms with Crippen molar-refractivity contribution in [2.24, 2.45) is 0 Å². The van der Waals surface area contributed by atoms with E-state index in [4.69, 9.17) is 11.6 Å². The first-order chi connectivity index (χ1) is 13.8. The molecule has 2 amide bonds. The number of hydrogen-bond acceptors (Lipinski definition) is 2. The van der Waals surface area contributed by atoms with Gasteiger partial charge in [-0.2, -0.15) is 0 Å². The second-order valence-corrected chi connectivity index (χ2v) is 8.56. The van der Waals surface area contributed by atoms with E-state index in [1.807, 2.05) is 62.4 Å². The fourth-order valence-electron chi connectivity index (χ4n) is 2.97. The first-order valence-electron chi connectivity index (χ1n) is 9.89. The Morgan fingerprint density at radius 3 is 2.52 bits per heavy atom. The van der Waals surface area contributed by atoms with Gasteiger partial charge < -0.3 is 10.2 Å². The number of halogens is 2. The first-order valence-corrected chi connectivity index (χ1v) is 11.1. The maximum absolute atomic E-state index is 13.1. The topological polar surface area (TPSA) is 49.4 Å². The van der Waals surface area contributed by atoms with E-state index in [-0.39, 0.29) is 17.9 Å². The highest BCUT2D eigenvalue weighted by Gasteiger charge is 2.26. The number of nitrogens with zero attached hydrogens (tertiary/aromatic N) is 1. The van der Waals surface area contributed by atoms with Crippen molar-refractivity contribution in [3.05, 3.63) is 69.2 Å². The first kappa shape index (κ1) is 23.4. The number of aryl methyl sites for hydroxylation is 1. The molecule has 0 saturated heterocycles. The minimum absolute atomic E-state index is 0.0656. The molecule has 0 aliphatic heterocycles. The Kier molecular flexibility index (Phi) is 9.18. The third-order valence-corrected chi connectivity index (χ3v) is 5.84. The largest absolute Gasteiger partial charge is 0.352 e. The van der Waals surface area contributed by atoms with E-state index in [1.54, 1.807) is 11.8 Å². The van der Waals surface area contributed by atoms with Crippen LogP contribution in [-0.2, 0) is 22.6 Å². The second kappa shape index (κ2) is 11.4. The molecule has 156 valence electrons. The third-order valence-electron chi connectivity index (χ3n) is 4.98. The van der Waals surface area contributed by atoms with Crippen molar-refractivity contribution in [1.82, 2.24) is 10.2 Å². The zero-order valence-electron chi connectivity index (χ0n) is 17.1. The highest BCUT2D eigenvalue weighted by molar-refractivity contribution is 9.10. The van der Waals surface area contributed by atoms with Gasteiger partial charge in [0, 0.05) is 28.5 Å². The van der Waals surface area contributed by atoms with Crippen LogP contribution in [0.3, 0.4) is 0 Å². The Balaban J connectivity index is 2.17.